The molecule has 0 N–H and O–H groups in total. The molecule has 2 aromatic rings. The topological polar surface area (TPSA) is 18.5 Å². The van der Waals surface area contributed by atoms with E-state index in [1.54, 1.807) is 14.2 Å². The monoisotopic (exact) mass is 412 g/mol. The highest BCUT2D eigenvalue weighted by Gasteiger charge is 2.18. The van der Waals surface area contributed by atoms with Crippen molar-refractivity contribution in [2.45, 2.75) is 18.7 Å². The Morgan fingerprint density at radius 3 is 1.95 bits per heavy atom. The van der Waals surface area contributed by atoms with E-state index in [1.165, 1.54) is 16.7 Å². The molecular formula is C17H18Br2O2. The molecule has 0 heterocycles. The molecule has 0 saturated heterocycles. The van der Waals surface area contributed by atoms with E-state index in [0.29, 0.717) is 0 Å². The Labute approximate surface area is 142 Å². The van der Waals surface area contributed by atoms with Gasteiger partial charge in [0.25, 0.3) is 0 Å². The Morgan fingerprint density at radius 2 is 1.43 bits per heavy atom. The van der Waals surface area contributed by atoms with Crippen molar-refractivity contribution in [3.63, 3.8) is 0 Å². The minimum absolute atomic E-state index is 0.0491. The molecule has 1 atom stereocenters. The predicted molar refractivity (Wildman–Crippen MR) is 93.9 cm³/mol. The second-order valence-corrected chi connectivity index (χ2v) is 6.78. The first-order chi connectivity index (χ1) is 9.96. The molecule has 0 bridgehead atoms. The molecule has 0 aliphatic rings. The summed E-state index contributed by atoms with van der Waals surface area (Å²) < 4.78 is 11.8. The molecule has 2 aromatic carbocycles. The third kappa shape index (κ3) is 3.61. The van der Waals surface area contributed by atoms with Gasteiger partial charge >= 0.3 is 0 Å². The zero-order chi connectivity index (χ0) is 15.6. The van der Waals surface area contributed by atoms with Gasteiger partial charge in [0.05, 0.1) is 23.5 Å². The van der Waals surface area contributed by atoms with Gasteiger partial charge < -0.3 is 9.47 Å². The maximum atomic E-state index is 5.51. The molecule has 0 aliphatic heterocycles. The third-order valence-corrected chi connectivity index (χ3v) is 4.96. The first-order valence-corrected chi connectivity index (χ1v) is 8.30. The first kappa shape index (κ1) is 16.4. The Kier molecular flexibility index (Phi) is 5.33. The average Bonchev–Trinajstić information content (AvgIpc) is 2.45. The number of ether oxygens (including phenoxy) is 2. The van der Waals surface area contributed by atoms with Crippen LogP contribution in [0.4, 0.5) is 0 Å². The van der Waals surface area contributed by atoms with Crippen molar-refractivity contribution in [1.82, 2.24) is 0 Å². The smallest absolute Gasteiger partial charge is 0.133 e. The lowest BCUT2D eigenvalue weighted by atomic mass is 10.00. The largest absolute Gasteiger partial charge is 0.496 e. The molecule has 0 radical (unpaired) electrons. The van der Waals surface area contributed by atoms with Crippen LogP contribution in [0.15, 0.2) is 34.8 Å². The lowest BCUT2D eigenvalue weighted by Gasteiger charge is -2.18. The Balaban J connectivity index is 2.53. The maximum Gasteiger partial charge on any atom is 0.133 e. The van der Waals surface area contributed by atoms with Crippen molar-refractivity contribution >= 4 is 31.9 Å². The van der Waals surface area contributed by atoms with Gasteiger partial charge in [-0.1, -0.05) is 45.3 Å². The van der Waals surface area contributed by atoms with Gasteiger partial charge in [-0.05, 0) is 47.5 Å². The highest BCUT2D eigenvalue weighted by atomic mass is 79.9. The van der Waals surface area contributed by atoms with E-state index in [2.05, 4.69) is 63.9 Å². The minimum Gasteiger partial charge on any atom is -0.496 e. The van der Waals surface area contributed by atoms with Crippen LogP contribution in [-0.4, -0.2) is 14.2 Å². The van der Waals surface area contributed by atoms with Crippen LogP contribution in [0.3, 0.4) is 0 Å². The average molecular weight is 414 g/mol. The summed E-state index contributed by atoms with van der Waals surface area (Å²) in [6, 6.07) is 10.5. The quantitative estimate of drug-likeness (QED) is 0.610. The number of methoxy groups -OCH3 is 2. The summed E-state index contributed by atoms with van der Waals surface area (Å²) in [4.78, 5) is 0.0491. The normalized spacial score (nSPS) is 12.1. The molecule has 0 aromatic heterocycles. The van der Waals surface area contributed by atoms with Crippen LogP contribution in [0.1, 0.15) is 27.1 Å². The van der Waals surface area contributed by atoms with Crippen LogP contribution in [0.5, 0.6) is 11.5 Å². The summed E-state index contributed by atoms with van der Waals surface area (Å²) in [6.45, 7) is 4.21. The minimum atomic E-state index is 0.0491. The number of aryl methyl sites for hydroxylation is 2. The van der Waals surface area contributed by atoms with Crippen LogP contribution in [0, 0.1) is 13.8 Å². The molecule has 1 unspecified atom stereocenters. The molecular weight excluding hydrogens is 396 g/mol. The van der Waals surface area contributed by atoms with Crippen molar-refractivity contribution in [1.29, 1.82) is 0 Å². The fourth-order valence-electron chi connectivity index (χ4n) is 2.42. The van der Waals surface area contributed by atoms with Gasteiger partial charge in [0.2, 0.25) is 0 Å². The van der Waals surface area contributed by atoms with E-state index < -0.39 is 0 Å². The highest BCUT2D eigenvalue weighted by molar-refractivity contribution is 9.10. The summed E-state index contributed by atoms with van der Waals surface area (Å²) in [5, 5.41) is 0. The Bertz CT molecular complexity index is 633. The molecule has 0 fully saturated rings. The summed E-state index contributed by atoms with van der Waals surface area (Å²) in [6.07, 6.45) is 0. The van der Waals surface area contributed by atoms with Gasteiger partial charge in [0.15, 0.2) is 0 Å². The third-order valence-electron chi connectivity index (χ3n) is 3.31. The van der Waals surface area contributed by atoms with Crippen molar-refractivity contribution in [2.75, 3.05) is 14.2 Å². The Morgan fingerprint density at radius 1 is 0.857 bits per heavy atom. The molecule has 2 rings (SSSR count). The summed E-state index contributed by atoms with van der Waals surface area (Å²) in [7, 11) is 3.34. The summed E-state index contributed by atoms with van der Waals surface area (Å²) in [5.41, 5.74) is 4.74. The van der Waals surface area contributed by atoms with E-state index in [0.717, 1.165) is 21.5 Å². The molecule has 4 heteroatoms. The number of hydrogen-bond donors (Lipinski definition) is 0. The second-order valence-electron chi connectivity index (χ2n) is 5.01. The molecule has 21 heavy (non-hydrogen) atoms. The van der Waals surface area contributed by atoms with Gasteiger partial charge in [-0.2, -0.15) is 0 Å². The lowest BCUT2D eigenvalue weighted by Crippen LogP contribution is -2.00. The highest BCUT2D eigenvalue weighted by Crippen LogP contribution is 2.42. The summed E-state index contributed by atoms with van der Waals surface area (Å²) >= 11 is 7.28. The van der Waals surface area contributed by atoms with E-state index in [9.17, 15) is 0 Å². The van der Waals surface area contributed by atoms with E-state index >= 15 is 0 Å². The number of rotatable bonds is 4. The van der Waals surface area contributed by atoms with E-state index in [-0.39, 0.29) is 4.83 Å². The van der Waals surface area contributed by atoms with Crippen LogP contribution < -0.4 is 9.47 Å². The van der Waals surface area contributed by atoms with Crippen LogP contribution in [0.2, 0.25) is 0 Å². The van der Waals surface area contributed by atoms with Crippen molar-refractivity contribution in [3.8, 4) is 11.5 Å². The van der Waals surface area contributed by atoms with Crippen molar-refractivity contribution in [3.05, 3.63) is 57.1 Å². The number of halogens is 2. The van der Waals surface area contributed by atoms with E-state index in [1.807, 2.05) is 12.1 Å². The predicted octanol–water partition coefficient (Wildman–Crippen LogP) is 5.57. The fourth-order valence-corrected chi connectivity index (χ4v) is 3.52. The fraction of sp³-hybridized carbons (Fsp3) is 0.294. The number of alkyl halides is 1. The van der Waals surface area contributed by atoms with Crippen LogP contribution >= 0.6 is 31.9 Å². The second kappa shape index (κ2) is 6.84. The first-order valence-electron chi connectivity index (χ1n) is 6.60. The van der Waals surface area contributed by atoms with Gasteiger partial charge in [0.1, 0.15) is 11.5 Å². The molecule has 0 amide bonds. The van der Waals surface area contributed by atoms with Crippen molar-refractivity contribution in [2.24, 2.45) is 0 Å². The maximum absolute atomic E-state index is 5.51. The van der Waals surface area contributed by atoms with Gasteiger partial charge in [-0.15, -0.1) is 0 Å². The Hall–Kier alpha value is -1.00. The SMILES string of the molecule is COc1cc(C(Br)c2cc(C)cc(C)c2)c(OC)cc1Br. The molecule has 0 spiro atoms. The molecule has 2 nitrogen and oxygen atoms in total. The zero-order valence-electron chi connectivity index (χ0n) is 12.5. The molecule has 0 aliphatic carbocycles. The van der Waals surface area contributed by atoms with E-state index in [4.69, 9.17) is 9.47 Å². The molecule has 112 valence electrons. The van der Waals surface area contributed by atoms with Gasteiger partial charge in [0, 0.05) is 5.56 Å². The van der Waals surface area contributed by atoms with Gasteiger partial charge in [-0.3, -0.25) is 0 Å². The lowest BCUT2D eigenvalue weighted by molar-refractivity contribution is 0.397. The number of benzene rings is 2. The standard InChI is InChI=1S/C17H18Br2O2/c1-10-5-11(2)7-12(6-10)17(19)13-8-16(21-4)14(18)9-15(13)20-3/h5-9,17H,1-4H3. The molecule has 0 saturated carbocycles. The number of hydrogen-bond acceptors (Lipinski definition) is 2. The van der Waals surface area contributed by atoms with Gasteiger partial charge in [-0.25, -0.2) is 0 Å². The zero-order valence-corrected chi connectivity index (χ0v) is 15.7. The van der Waals surface area contributed by atoms with Crippen LogP contribution in [0.25, 0.3) is 0 Å². The van der Waals surface area contributed by atoms with Crippen molar-refractivity contribution < 1.29 is 9.47 Å². The van der Waals surface area contributed by atoms with Crippen LogP contribution in [-0.2, 0) is 0 Å². The summed E-state index contributed by atoms with van der Waals surface area (Å²) in [5.74, 6) is 1.61.